The molecule has 94 valence electrons. The maximum Gasteiger partial charge on any atom is 0.123 e. The molecule has 1 aliphatic carbocycles. The van der Waals surface area contributed by atoms with Crippen molar-refractivity contribution in [3.63, 3.8) is 0 Å². The van der Waals surface area contributed by atoms with E-state index in [1.54, 1.807) is 12.1 Å². The maximum absolute atomic E-state index is 12.8. The van der Waals surface area contributed by atoms with E-state index in [-0.39, 0.29) is 11.9 Å². The first kappa shape index (κ1) is 12.5. The third-order valence-electron chi connectivity index (χ3n) is 3.28. The molecule has 3 heteroatoms. The maximum atomic E-state index is 12.8. The molecule has 0 aromatic heterocycles. The van der Waals surface area contributed by atoms with E-state index >= 15 is 0 Å². The van der Waals surface area contributed by atoms with E-state index in [2.05, 4.69) is 19.2 Å². The second-order valence-corrected chi connectivity index (χ2v) is 5.21. The number of hydrogen-bond donors (Lipinski definition) is 2. The SMILES string of the molecule is CC(C)C(NC1CC1)C(O)c1ccc(F)cc1. The average molecular weight is 237 g/mol. The Hall–Kier alpha value is -0.930. The van der Waals surface area contributed by atoms with E-state index < -0.39 is 6.10 Å². The molecule has 0 aliphatic heterocycles. The van der Waals surface area contributed by atoms with E-state index in [9.17, 15) is 9.50 Å². The lowest BCUT2D eigenvalue weighted by Crippen LogP contribution is -2.40. The minimum absolute atomic E-state index is 0.0351. The van der Waals surface area contributed by atoms with Gasteiger partial charge in [-0.25, -0.2) is 4.39 Å². The van der Waals surface area contributed by atoms with Crippen LogP contribution in [0.5, 0.6) is 0 Å². The summed E-state index contributed by atoms with van der Waals surface area (Å²) in [4.78, 5) is 0. The van der Waals surface area contributed by atoms with Gasteiger partial charge in [-0.05, 0) is 36.5 Å². The predicted molar refractivity (Wildman–Crippen MR) is 66.1 cm³/mol. The van der Waals surface area contributed by atoms with Gasteiger partial charge < -0.3 is 10.4 Å². The van der Waals surface area contributed by atoms with Crippen LogP contribution >= 0.6 is 0 Å². The van der Waals surface area contributed by atoms with Gasteiger partial charge in [0.25, 0.3) is 0 Å². The summed E-state index contributed by atoms with van der Waals surface area (Å²) in [6.07, 6.45) is 1.81. The van der Waals surface area contributed by atoms with E-state index in [1.165, 1.54) is 25.0 Å². The molecule has 2 nitrogen and oxygen atoms in total. The number of aliphatic hydroxyl groups excluding tert-OH is 1. The van der Waals surface area contributed by atoms with Crippen LogP contribution in [0, 0.1) is 11.7 Å². The Balaban J connectivity index is 2.08. The minimum Gasteiger partial charge on any atom is -0.387 e. The molecule has 0 radical (unpaired) electrons. The second-order valence-electron chi connectivity index (χ2n) is 5.21. The molecule has 1 saturated carbocycles. The molecule has 2 unspecified atom stereocenters. The van der Waals surface area contributed by atoms with Crippen LogP contribution in [-0.2, 0) is 0 Å². The van der Waals surface area contributed by atoms with Gasteiger partial charge in [0.1, 0.15) is 5.82 Å². The van der Waals surface area contributed by atoms with Crippen molar-refractivity contribution in [3.8, 4) is 0 Å². The van der Waals surface area contributed by atoms with Crippen LogP contribution in [0.1, 0.15) is 38.4 Å². The van der Waals surface area contributed by atoms with E-state index in [0.29, 0.717) is 12.0 Å². The van der Waals surface area contributed by atoms with Crippen molar-refractivity contribution in [1.29, 1.82) is 0 Å². The predicted octanol–water partition coefficient (Wildman–Crippen LogP) is 2.64. The summed E-state index contributed by atoms with van der Waals surface area (Å²) in [6, 6.07) is 6.69. The number of rotatable bonds is 5. The highest BCUT2D eigenvalue weighted by Gasteiger charge is 2.30. The number of nitrogens with one attached hydrogen (secondary N) is 1. The molecular weight excluding hydrogens is 217 g/mol. The lowest BCUT2D eigenvalue weighted by Gasteiger charge is -2.28. The van der Waals surface area contributed by atoms with E-state index in [4.69, 9.17) is 0 Å². The molecule has 2 atom stereocenters. The first-order valence-corrected chi connectivity index (χ1v) is 6.27. The van der Waals surface area contributed by atoms with Crippen LogP contribution in [0.25, 0.3) is 0 Å². The molecule has 17 heavy (non-hydrogen) atoms. The fourth-order valence-electron chi connectivity index (χ4n) is 2.04. The largest absolute Gasteiger partial charge is 0.387 e. The van der Waals surface area contributed by atoms with Crippen LogP contribution in [-0.4, -0.2) is 17.2 Å². The summed E-state index contributed by atoms with van der Waals surface area (Å²) in [7, 11) is 0. The summed E-state index contributed by atoms with van der Waals surface area (Å²) in [5.41, 5.74) is 0.776. The number of benzene rings is 1. The van der Waals surface area contributed by atoms with Crippen LogP contribution in [0.3, 0.4) is 0 Å². The Morgan fingerprint density at radius 3 is 2.29 bits per heavy atom. The lowest BCUT2D eigenvalue weighted by molar-refractivity contribution is 0.104. The number of hydrogen-bond acceptors (Lipinski definition) is 2. The summed E-state index contributed by atoms with van der Waals surface area (Å²) < 4.78 is 12.8. The fraction of sp³-hybridized carbons (Fsp3) is 0.571. The molecule has 2 N–H and O–H groups in total. The molecule has 0 saturated heterocycles. The quantitative estimate of drug-likeness (QED) is 0.825. The normalized spacial score (nSPS) is 19.4. The minimum atomic E-state index is -0.573. The van der Waals surface area contributed by atoms with Crippen molar-refractivity contribution in [2.45, 2.75) is 44.9 Å². The van der Waals surface area contributed by atoms with E-state index in [1.807, 2.05) is 0 Å². The summed E-state index contributed by atoms with van der Waals surface area (Å²) in [6.45, 7) is 4.18. The Labute approximate surface area is 102 Å². The van der Waals surface area contributed by atoms with Gasteiger partial charge in [0, 0.05) is 12.1 Å². The first-order valence-electron chi connectivity index (χ1n) is 6.27. The van der Waals surface area contributed by atoms with Crippen LogP contribution in [0.2, 0.25) is 0 Å². The zero-order valence-corrected chi connectivity index (χ0v) is 10.4. The Bertz CT molecular complexity index is 359. The number of halogens is 1. The van der Waals surface area contributed by atoms with Crippen LogP contribution in [0.15, 0.2) is 24.3 Å². The molecule has 1 aromatic rings. The molecular formula is C14H20FNO. The van der Waals surface area contributed by atoms with Gasteiger partial charge in [-0.15, -0.1) is 0 Å². The highest BCUT2D eigenvalue weighted by atomic mass is 19.1. The van der Waals surface area contributed by atoms with Gasteiger partial charge in [0.15, 0.2) is 0 Å². The fourth-order valence-corrected chi connectivity index (χ4v) is 2.04. The Morgan fingerprint density at radius 1 is 1.24 bits per heavy atom. The smallest absolute Gasteiger partial charge is 0.123 e. The van der Waals surface area contributed by atoms with Crippen molar-refractivity contribution >= 4 is 0 Å². The zero-order chi connectivity index (χ0) is 12.4. The molecule has 2 rings (SSSR count). The third-order valence-corrected chi connectivity index (χ3v) is 3.28. The molecule has 0 bridgehead atoms. The van der Waals surface area contributed by atoms with Crippen LogP contribution in [0.4, 0.5) is 4.39 Å². The third kappa shape index (κ3) is 3.27. The monoisotopic (exact) mass is 237 g/mol. The van der Waals surface area contributed by atoms with Crippen molar-refractivity contribution in [2.24, 2.45) is 5.92 Å². The Kier molecular flexibility index (Phi) is 3.79. The van der Waals surface area contributed by atoms with Gasteiger partial charge in [-0.1, -0.05) is 26.0 Å². The van der Waals surface area contributed by atoms with Gasteiger partial charge in [0.05, 0.1) is 6.10 Å². The highest BCUT2D eigenvalue weighted by molar-refractivity contribution is 5.20. The molecule has 0 spiro atoms. The van der Waals surface area contributed by atoms with Crippen molar-refractivity contribution in [2.75, 3.05) is 0 Å². The van der Waals surface area contributed by atoms with Gasteiger partial charge in [0.2, 0.25) is 0 Å². The van der Waals surface area contributed by atoms with Gasteiger partial charge >= 0.3 is 0 Å². The number of aliphatic hydroxyl groups is 1. The highest BCUT2D eigenvalue weighted by Crippen LogP contribution is 2.27. The van der Waals surface area contributed by atoms with Crippen molar-refractivity contribution < 1.29 is 9.50 Å². The van der Waals surface area contributed by atoms with Crippen molar-refractivity contribution in [3.05, 3.63) is 35.6 Å². The Morgan fingerprint density at radius 2 is 1.82 bits per heavy atom. The molecule has 0 amide bonds. The molecule has 1 aliphatic rings. The zero-order valence-electron chi connectivity index (χ0n) is 10.4. The molecule has 1 aromatic carbocycles. The topological polar surface area (TPSA) is 32.3 Å². The molecule has 1 fully saturated rings. The molecule has 0 heterocycles. The van der Waals surface area contributed by atoms with Gasteiger partial charge in [-0.3, -0.25) is 0 Å². The average Bonchev–Trinajstić information content (AvgIpc) is 3.09. The van der Waals surface area contributed by atoms with Crippen molar-refractivity contribution in [1.82, 2.24) is 5.32 Å². The van der Waals surface area contributed by atoms with Gasteiger partial charge in [-0.2, -0.15) is 0 Å². The summed E-state index contributed by atoms with van der Waals surface area (Å²) >= 11 is 0. The summed E-state index contributed by atoms with van der Waals surface area (Å²) in [5.74, 6) is 0.0767. The van der Waals surface area contributed by atoms with Crippen LogP contribution < -0.4 is 5.32 Å². The summed E-state index contributed by atoms with van der Waals surface area (Å²) in [5, 5.41) is 13.8. The van der Waals surface area contributed by atoms with E-state index in [0.717, 1.165) is 5.56 Å². The lowest BCUT2D eigenvalue weighted by atomic mass is 9.93. The first-order chi connectivity index (χ1) is 8.08. The second kappa shape index (κ2) is 5.15. The standard InChI is InChI=1S/C14H20FNO/c1-9(2)13(16-12-7-8-12)14(17)10-3-5-11(15)6-4-10/h3-6,9,12-14,16-17H,7-8H2,1-2H3.